The second kappa shape index (κ2) is 8.86. The molecule has 7 nitrogen and oxygen atoms in total. The van der Waals surface area contributed by atoms with E-state index in [1.165, 1.54) is 32.0 Å². The summed E-state index contributed by atoms with van der Waals surface area (Å²) in [6, 6.07) is 9.07. The van der Waals surface area contributed by atoms with Crippen LogP contribution >= 0.6 is 0 Å². The first-order valence-corrected chi connectivity index (χ1v) is 10.1. The molecule has 0 aliphatic heterocycles. The molecule has 1 aliphatic rings. The monoisotopic (exact) mass is 391 g/mol. The number of carbonyl (C=O) groups excluding carboxylic acids is 1. The van der Waals surface area contributed by atoms with E-state index < -0.39 is 0 Å². The van der Waals surface area contributed by atoms with Crippen molar-refractivity contribution in [3.8, 4) is 17.4 Å². The SMILES string of the molecule is Cc1nccn1-c1cc(Oc2ccc(NC(=O)CCC3CCCC3)cc2)ncn1. The predicted molar refractivity (Wildman–Crippen MR) is 110 cm³/mol. The van der Waals surface area contributed by atoms with Gasteiger partial charge in [-0.2, -0.15) is 0 Å². The van der Waals surface area contributed by atoms with Crippen molar-refractivity contribution in [2.45, 2.75) is 45.4 Å². The molecule has 1 N–H and O–H groups in total. The van der Waals surface area contributed by atoms with Crippen LogP contribution in [0.25, 0.3) is 5.82 Å². The van der Waals surface area contributed by atoms with Crippen molar-refractivity contribution in [1.82, 2.24) is 19.5 Å². The Morgan fingerprint density at radius 3 is 2.69 bits per heavy atom. The Morgan fingerprint density at radius 1 is 1.17 bits per heavy atom. The first kappa shape index (κ1) is 19.1. The number of ether oxygens (including phenoxy) is 1. The first-order valence-electron chi connectivity index (χ1n) is 10.1. The average Bonchev–Trinajstić information content (AvgIpc) is 3.40. The number of nitrogens with zero attached hydrogens (tertiary/aromatic N) is 4. The summed E-state index contributed by atoms with van der Waals surface area (Å²) >= 11 is 0. The van der Waals surface area contributed by atoms with E-state index in [0.29, 0.717) is 23.9 Å². The lowest BCUT2D eigenvalue weighted by atomic mass is 10.0. The van der Waals surface area contributed by atoms with Crippen molar-refractivity contribution >= 4 is 11.6 Å². The fraction of sp³-hybridized carbons (Fsp3) is 0.364. The Kier molecular flexibility index (Phi) is 5.84. The molecule has 0 saturated heterocycles. The Bertz CT molecular complexity index is 961. The quantitative estimate of drug-likeness (QED) is 0.633. The molecule has 1 fully saturated rings. The van der Waals surface area contributed by atoms with Gasteiger partial charge in [0.15, 0.2) is 0 Å². The number of anilines is 1. The maximum Gasteiger partial charge on any atom is 0.224 e. The Balaban J connectivity index is 1.33. The third-order valence-corrected chi connectivity index (χ3v) is 5.32. The third-order valence-electron chi connectivity index (χ3n) is 5.32. The molecule has 0 atom stereocenters. The van der Waals surface area contributed by atoms with Crippen LogP contribution in [0.15, 0.2) is 49.1 Å². The highest BCUT2D eigenvalue weighted by Crippen LogP contribution is 2.29. The summed E-state index contributed by atoms with van der Waals surface area (Å²) in [5.41, 5.74) is 0.770. The van der Waals surface area contributed by atoms with Crippen LogP contribution in [0.4, 0.5) is 5.69 Å². The molecule has 0 bridgehead atoms. The van der Waals surface area contributed by atoms with E-state index in [4.69, 9.17) is 4.74 Å². The fourth-order valence-corrected chi connectivity index (χ4v) is 3.72. The number of aryl methyl sites for hydroxylation is 1. The minimum Gasteiger partial charge on any atom is -0.439 e. The number of hydrogen-bond acceptors (Lipinski definition) is 5. The van der Waals surface area contributed by atoms with E-state index in [-0.39, 0.29) is 5.91 Å². The summed E-state index contributed by atoms with van der Waals surface area (Å²) in [5.74, 6) is 3.40. The van der Waals surface area contributed by atoms with Gasteiger partial charge in [0.2, 0.25) is 11.8 Å². The van der Waals surface area contributed by atoms with Gasteiger partial charge in [0.25, 0.3) is 0 Å². The maximum atomic E-state index is 12.2. The molecule has 0 radical (unpaired) electrons. The summed E-state index contributed by atoms with van der Waals surface area (Å²) in [6.45, 7) is 1.91. The third kappa shape index (κ3) is 4.99. The maximum absolute atomic E-state index is 12.2. The number of imidazole rings is 1. The Hall–Kier alpha value is -3.22. The standard InChI is InChI=1S/C22H25N5O2/c1-16-23-12-13-27(16)20-14-22(25-15-24-20)29-19-9-7-18(8-10-19)26-21(28)11-6-17-4-2-3-5-17/h7-10,12-15,17H,2-6,11H2,1H3,(H,26,28). The van der Waals surface area contributed by atoms with E-state index in [9.17, 15) is 4.79 Å². The molecule has 3 aromatic rings. The second-order valence-electron chi connectivity index (χ2n) is 7.42. The van der Waals surface area contributed by atoms with Crippen molar-refractivity contribution in [3.63, 3.8) is 0 Å². The molecule has 0 spiro atoms. The largest absolute Gasteiger partial charge is 0.439 e. The van der Waals surface area contributed by atoms with Gasteiger partial charge in [-0.15, -0.1) is 0 Å². The van der Waals surface area contributed by atoms with E-state index in [2.05, 4.69) is 20.3 Å². The van der Waals surface area contributed by atoms with Crippen molar-refractivity contribution in [2.75, 3.05) is 5.32 Å². The molecular weight excluding hydrogens is 366 g/mol. The smallest absolute Gasteiger partial charge is 0.224 e. The van der Waals surface area contributed by atoms with Gasteiger partial charge in [-0.3, -0.25) is 9.36 Å². The van der Waals surface area contributed by atoms with Gasteiger partial charge in [0.05, 0.1) is 0 Å². The molecule has 1 amide bonds. The van der Waals surface area contributed by atoms with Crippen molar-refractivity contribution < 1.29 is 9.53 Å². The first-order chi connectivity index (χ1) is 14.2. The van der Waals surface area contributed by atoms with Crippen LogP contribution in [0.2, 0.25) is 0 Å². The zero-order valence-corrected chi connectivity index (χ0v) is 16.5. The van der Waals surface area contributed by atoms with Crippen LogP contribution < -0.4 is 10.1 Å². The highest BCUT2D eigenvalue weighted by molar-refractivity contribution is 5.90. The lowest BCUT2D eigenvalue weighted by molar-refractivity contribution is -0.116. The van der Waals surface area contributed by atoms with Gasteiger partial charge < -0.3 is 10.1 Å². The summed E-state index contributed by atoms with van der Waals surface area (Å²) in [6.07, 6.45) is 11.7. The number of benzene rings is 1. The molecule has 1 aromatic carbocycles. The summed E-state index contributed by atoms with van der Waals surface area (Å²) in [5, 5.41) is 2.96. The van der Waals surface area contributed by atoms with Gasteiger partial charge in [0, 0.05) is 30.6 Å². The highest BCUT2D eigenvalue weighted by Gasteiger charge is 2.16. The van der Waals surface area contributed by atoms with Crippen molar-refractivity contribution in [2.24, 2.45) is 5.92 Å². The zero-order valence-electron chi connectivity index (χ0n) is 16.5. The van der Waals surface area contributed by atoms with Crippen molar-refractivity contribution in [3.05, 3.63) is 54.9 Å². The number of nitrogens with one attached hydrogen (secondary N) is 1. The number of carbonyl (C=O) groups is 1. The summed E-state index contributed by atoms with van der Waals surface area (Å²) in [7, 11) is 0. The number of hydrogen-bond donors (Lipinski definition) is 1. The summed E-state index contributed by atoms with van der Waals surface area (Å²) < 4.78 is 7.69. The van der Waals surface area contributed by atoms with Gasteiger partial charge in [-0.05, 0) is 43.5 Å². The number of rotatable bonds is 7. The minimum atomic E-state index is 0.0710. The van der Waals surface area contributed by atoms with E-state index in [0.717, 1.165) is 23.9 Å². The molecule has 29 heavy (non-hydrogen) atoms. The molecule has 150 valence electrons. The van der Waals surface area contributed by atoms with Crippen LogP contribution in [-0.4, -0.2) is 25.4 Å². The number of amides is 1. The van der Waals surface area contributed by atoms with Crippen LogP contribution in [0.5, 0.6) is 11.6 Å². The average molecular weight is 391 g/mol. The van der Waals surface area contributed by atoms with Crippen molar-refractivity contribution in [1.29, 1.82) is 0 Å². The molecule has 1 saturated carbocycles. The molecule has 4 rings (SSSR count). The lowest BCUT2D eigenvalue weighted by Crippen LogP contribution is -2.12. The minimum absolute atomic E-state index is 0.0710. The van der Waals surface area contributed by atoms with Gasteiger partial charge in [-0.1, -0.05) is 25.7 Å². The Labute approximate surface area is 170 Å². The zero-order chi connectivity index (χ0) is 20.1. The fourth-order valence-electron chi connectivity index (χ4n) is 3.72. The molecular formula is C22H25N5O2. The van der Waals surface area contributed by atoms with Crippen LogP contribution in [0.1, 0.15) is 44.3 Å². The van der Waals surface area contributed by atoms with E-state index >= 15 is 0 Å². The van der Waals surface area contributed by atoms with Crippen LogP contribution in [-0.2, 0) is 4.79 Å². The number of aromatic nitrogens is 4. The van der Waals surface area contributed by atoms with E-state index in [1.807, 2.05) is 42.0 Å². The van der Waals surface area contributed by atoms with E-state index in [1.54, 1.807) is 12.3 Å². The molecule has 2 aromatic heterocycles. The van der Waals surface area contributed by atoms with Crippen LogP contribution in [0.3, 0.4) is 0 Å². The topological polar surface area (TPSA) is 81.9 Å². The van der Waals surface area contributed by atoms with Gasteiger partial charge >= 0.3 is 0 Å². The summed E-state index contributed by atoms with van der Waals surface area (Å²) in [4.78, 5) is 24.8. The molecule has 7 heteroatoms. The van der Waals surface area contributed by atoms with Crippen LogP contribution in [0, 0.1) is 12.8 Å². The second-order valence-corrected chi connectivity index (χ2v) is 7.42. The molecule has 2 heterocycles. The molecule has 1 aliphatic carbocycles. The Morgan fingerprint density at radius 2 is 1.97 bits per heavy atom. The predicted octanol–water partition coefficient (Wildman–Crippen LogP) is 4.67. The molecule has 0 unspecified atom stereocenters. The normalized spacial score (nSPS) is 14.1. The van der Waals surface area contributed by atoms with Gasteiger partial charge in [0.1, 0.15) is 23.7 Å². The van der Waals surface area contributed by atoms with Gasteiger partial charge in [-0.25, -0.2) is 15.0 Å². The highest BCUT2D eigenvalue weighted by atomic mass is 16.5. The lowest BCUT2D eigenvalue weighted by Gasteiger charge is -2.10.